The quantitative estimate of drug-likeness (QED) is 0.840. The van der Waals surface area contributed by atoms with Crippen LogP contribution < -0.4 is 0 Å². The molecule has 1 N–H and O–H groups in total. The van der Waals surface area contributed by atoms with Gasteiger partial charge < -0.3 is 5.11 Å². The van der Waals surface area contributed by atoms with Crippen molar-refractivity contribution in [3.8, 4) is 0 Å². The van der Waals surface area contributed by atoms with Crippen molar-refractivity contribution in [1.82, 2.24) is 14.9 Å². The number of pyridine rings is 2. The lowest BCUT2D eigenvalue weighted by Crippen LogP contribution is -2.21. The number of rotatable bonds is 2. The molecule has 4 heteroatoms. The molecule has 1 atom stereocenters. The minimum atomic E-state index is -0.160. The van der Waals surface area contributed by atoms with Gasteiger partial charge in [0.1, 0.15) is 0 Å². The Labute approximate surface area is 99.9 Å². The van der Waals surface area contributed by atoms with Crippen molar-refractivity contribution in [3.05, 3.63) is 36.3 Å². The summed E-state index contributed by atoms with van der Waals surface area (Å²) in [4.78, 5) is 10.7. The molecule has 3 rings (SSSR count). The van der Waals surface area contributed by atoms with Gasteiger partial charge in [-0.05, 0) is 24.1 Å². The number of fused-ring (bicyclic) bond motifs is 1. The van der Waals surface area contributed by atoms with E-state index < -0.39 is 0 Å². The lowest BCUT2D eigenvalue weighted by atomic mass is 10.2. The molecule has 0 spiro atoms. The molecule has 88 valence electrons. The first-order valence-electron chi connectivity index (χ1n) is 5.90. The zero-order chi connectivity index (χ0) is 11.7. The molecule has 2 aromatic rings. The van der Waals surface area contributed by atoms with E-state index in [1.54, 1.807) is 12.4 Å². The van der Waals surface area contributed by atoms with E-state index >= 15 is 0 Å². The SMILES string of the molecule is OC1CCN(Cc2cnc3cnccc3c2)C1. The summed E-state index contributed by atoms with van der Waals surface area (Å²) in [5, 5.41) is 10.6. The molecular weight excluding hydrogens is 214 g/mol. The number of aromatic nitrogens is 2. The molecule has 0 amide bonds. The first-order chi connectivity index (χ1) is 8.31. The Kier molecular flexibility index (Phi) is 2.74. The molecular formula is C13H15N3O. The molecule has 4 nitrogen and oxygen atoms in total. The molecule has 1 aliphatic rings. The van der Waals surface area contributed by atoms with Crippen LogP contribution in [0.1, 0.15) is 12.0 Å². The summed E-state index contributed by atoms with van der Waals surface area (Å²) in [6, 6.07) is 4.12. The van der Waals surface area contributed by atoms with E-state index in [-0.39, 0.29) is 6.10 Å². The third-order valence-electron chi connectivity index (χ3n) is 3.20. The molecule has 0 saturated carbocycles. The maximum Gasteiger partial charge on any atom is 0.0885 e. The largest absolute Gasteiger partial charge is 0.392 e. The first kappa shape index (κ1) is 10.6. The standard InChI is InChI=1S/C13H15N3O/c17-12-2-4-16(9-12)8-10-5-11-1-3-14-7-13(11)15-6-10/h1,3,5-7,12,17H,2,4,8-9H2. The molecule has 1 unspecified atom stereocenters. The maximum atomic E-state index is 9.48. The summed E-state index contributed by atoms with van der Waals surface area (Å²) >= 11 is 0. The number of hydrogen-bond acceptors (Lipinski definition) is 4. The number of aliphatic hydroxyl groups excluding tert-OH is 1. The highest BCUT2D eigenvalue weighted by molar-refractivity contribution is 5.77. The van der Waals surface area contributed by atoms with Crippen LogP contribution in [0.2, 0.25) is 0 Å². The van der Waals surface area contributed by atoms with E-state index in [1.165, 1.54) is 5.56 Å². The summed E-state index contributed by atoms with van der Waals surface area (Å²) in [6.07, 6.45) is 6.18. The molecule has 1 saturated heterocycles. The normalized spacial score (nSPS) is 21.1. The van der Waals surface area contributed by atoms with Gasteiger partial charge in [-0.1, -0.05) is 0 Å². The molecule has 0 aliphatic carbocycles. The number of β-amino-alcohol motifs (C(OH)–C–C–N with tert-alkyl or cyclic N) is 1. The predicted molar refractivity (Wildman–Crippen MR) is 65.4 cm³/mol. The van der Waals surface area contributed by atoms with Crippen LogP contribution in [0.25, 0.3) is 10.9 Å². The van der Waals surface area contributed by atoms with E-state index in [0.29, 0.717) is 0 Å². The second-order valence-electron chi connectivity index (χ2n) is 4.59. The van der Waals surface area contributed by atoms with Gasteiger partial charge in [-0.2, -0.15) is 0 Å². The Bertz CT molecular complexity index is 529. The van der Waals surface area contributed by atoms with Gasteiger partial charge >= 0.3 is 0 Å². The second-order valence-corrected chi connectivity index (χ2v) is 4.59. The van der Waals surface area contributed by atoms with Crippen molar-refractivity contribution in [2.75, 3.05) is 13.1 Å². The molecule has 0 bridgehead atoms. The zero-order valence-corrected chi connectivity index (χ0v) is 9.58. The van der Waals surface area contributed by atoms with Gasteiger partial charge in [0, 0.05) is 37.4 Å². The van der Waals surface area contributed by atoms with E-state index in [9.17, 15) is 5.11 Å². The average Bonchev–Trinajstić information content (AvgIpc) is 2.75. The Morgan fingerprint density at radius 3 is 3.18 bits per heavy atom. The van der Waals surface area contributed by atoms with E-state index in [1.807, 2.05) is 12.3 Å². The lowest BCUT2D eigenvalue weighted by molar-refractivity contribution is 0.175. The minimum absolute atomic E-state index is 0.160. The lowest BCUT2D eigenvalue weighted by Gasteiger charge is -2.14. The van der Waals surface area contributed by atoms with Gasteiger partial charge in [-0.3, -0.25) is 14.9 Å². The van der Waals surface area contributed by atoms with Crippen LogP contribution in [0.5, 0.6) is 0 Å². The molecule has 17 heavy (non-hydrogen) atoms. The molecule has 1 fully saturated rings. The first-order valence-corrected chi connectivity index (χ1v) is 5.90. The van der Waals surface area contributed by atoms with Crippen molar-refractivity contribution >= 4 is 10.9 Å². The highest BCUT2D eigenvalue weighted by Gasteiger charge is 2.19. The van der Waals surface area contributed by atoms with Gasteiger partial charge in [-0.15, -0.1) is 0 Å². The Hall–Kier alpha value is -1.52. The summed E-state index contributed by atoms with van der Waals surface area (Å²) in [5.74, 6) is 0. The van der Waals surface area contributed by atoms with Crippen LogP contribution in [0.4, 0.5) is 0 Å². The van der Waals surface area contributed by atoms with Crippen molar-refractivity contribution < 1.29 is 5.11 Å². The van der Waals surface area contributed by atoms with Gasteiger partial charge in [0.15, 0.2) is 0 Å². The van der Waals surface area contributed by atoms with Crippen LogP contribution >= 0.6 is 0 Å². The third-order valence-corrected chi connectivity index (χ3v) is 3.20. The maximum absolute atomic E-state index is 9.48. The number of nitrogens with zero attached hydrogens (tertiary/aromatic N) is 3. The van der Waals surface area contributed by atoms with Crippen LogP contribution in [0, 0.1) is 0 Å². The topological polar surface area (TPSA) is 49.2 Å². The Morgan fingerprint density at radius 1 is 1.41 bits per heavy atom. The summed E-state index contributed by atoms with van der Waals surface area (Å²) < 4.78 is 0. The van der Waals surface area contributed by atoms with Gasteiger partial charge in [0.2, 0.25) is 0 Å². The Balaban J connectivity index is 1.81. The van der Waals surface area contributed by atoms with Crippen LogP contribution in [-0.4, -0.2) is 39.2 Å². The van der Waals surface area contributed by atoms with Crippen LogP contribution in [-0.2, 0) is 6.54 Å². The van der Waals surface area contributed by atoms with Crippen LogP contribution in [0.3, 0.4) is 0 Å². The van der Waals surface area contributed by atoms with Gasteiger partial charge in [0.25, 0.3) is 0 Å². The molecule has 3 heterocycles. The fraction of sp³-hybridized carbons (Fsp3) is 0.385. The van der Waals surface area contributed by atoms with Crippen molar-refractivity contribution in [1.29, 1.82) is 0 Å². The van der Waals surface area contributed by atoms with Gasteiger partial charge in [-0.25, -0.2) is 0 Å². The third kappa shape index (κ3) is 2.28. The fourth-order valence-electron chi connectivity index (χ4n) is 2.32. The highest BCUT2D eigenvalue weighted by Crippen LogP contribution is 2.16. The highest BCUT2D eigenvalue weighted by atomic mass is 16.3. The van der Waals surface area contributed by atoms with Crippen molar-refractivity contribution in [2.24, 2.45) is 0 Å². The molecule has 0 radical (unpaired) electrons. The smallest absolute Gasteiger partial charge is 0.0885 e. The summed E-state index contributed by atoms with van der Waals surface area (Å²) in [5.41, 5.74) is 2.12. The van der Waals surface area contributed by atoms with E-state index in [2.05, 4.69) is 20.9 Å². The molecule has 0 aromatic carbocycles. The number of aliphatic hydroxyl groups is 1. The van der Waals surface area contributed by atoms with Gasteiger partial charge in [0.05, 0.1) is 17.8 Å². The van der Waals surface area contributed by atoms with E-state index in [0.717, 1.165) is 37.0 Å². The average molecular weight is 229 g/mol. The summed E-state index contributed by atoms with van der Waals surface area (Å²) in [7, 11) is 0. The van der Waals surface area contributed by atoms with Crippen molar-refractivity contribution in [2.45, 2.75) is 19.1 Å². The number of hydrogen-bond donors (Lipinski definition) is 1. The van der Waals surface area contributed by atoms with Crippen LogP contribution in [0.15, 0.2) is 30.7 Å². The zero-order valence-electron chi connectivity index (χ0n) is 9.58. The van der Waals surface area contributed by atoms with E-state index in [4.69, 9.17) is 0 Å². The number of likely N-dealkylation sites (tertiary alicyclic amines) is 1. The van der Waals surface area contributed by atoms with Crippen molar-refractivity contribution in [3.63, 3.8) is 0 Å². The second kappa shape index (κ2) is 4.39. The minimum Gasteiger partial charge on any atom is -0.392 e. The Morgan fingerprint density at radius 2 is 2.35 bits per heavy atom. The monoisotopic (exact) mass is 229 g/mol. The predicted octanol–water partition coefficient (Wildman–Crippen LogP) is 1.20. The molecule has 1 aliphatic heterocycles. The summed E-state index contributed by atoms with van der Waals surface area (Å²) in [6.45, 7) is 2.60. The fourth-order valence-corrected chi connectivity index (χ4v) is 2.32. The molecule has 2 aromatic heterocycles.